The second-order valence-corrected chi connectivity index (χ2v) is 4.41. The molecule has 2 aromatic heterocycles. The first kappa shape index (κ1) is 15.4. The van der Waals surface area contributed by atoms with Crippen LogP contribution >= 0.6 is 11.6 Å². The topological polar surface area (TPSA) is 51.6 Å². The van der Waals surface area contributed by atoms with Gasteiger partial charge in [0.25, 0.3) is 0 Å². The van der Waals surface area contributed by atoms with Crippen LogP contribution in [-0.4, -0.2) is 26.1 Å². The average Bonchev–Trinajstić information content (AvgIpc) is 2.45. The van der Waals surface area contributed by atoms with E-state index < -0.39 is 6.18 Å². The van der Waals surface area contributed by atoms with Crippen LogP contribution in [0.25, 0.3) is 16.8 Å². The molecule has 0 bridgehead atoms. The van der Waals surface area contributed by atoms with E-state index in [2.05, 4.69) is 19.9 Å². The minimum atomic E-state index is -4.40. The van der Waals surface area contributed by atoms with Gasteiger partial charge in [0, 0.05) is 42.0 Å². The highest BCUT2D eigenvalue weighted by Gasteiger charge is 2.25. The lowest BCUT2D eigenvalue weighted by Gasteiger charge is -2.07. The summed E-state index contributed by atoms with van der Waals surface area (Å²) >= 11 is 5.89. The number of nitrogens with zero attached hydrogens (tertiary/aromatic N) is 4. The molecule has 21 heavy (non-hydrogen) atoms. The summed E-state index contributed by atoms with van der Waals surface area (Å²) in [5.74, 6) is 0.0265. The van der Waals surface area contributed by atoms with E-state index in [1.165, 1.54) is 24.8 Å². The molecule has 0 aliphatic rings. The van der Waals surface area contributed by atoms with Crippen molar-refractivity contribution in [2.45, 2.75) is 19.5 Å². The predicted molar refractivity (Wildman–Crippen MR) is 72.4 cm³/mol. The van der Waals surface area contributed by atoms with Gasteiger partial charge in [0.15, 0.2) is 11.0 Å². The second kappa shape index (κ2) is 6.17. The first-order valence-corrected chi connectivity index (χ1v) is 6.36. The smallest absolute Gasteiger partial charge is 0.251 e. The molecule has 0 saturated heterocycles. The zero-order valence-electron chi connectivity index (χ0n) is 10.9. The molecule has 4 nitrogen and oxygen atoms in total. The van der Waals surface area contributed by atoms with E-state index in [0.29, 0.717) is 11.3 Å². The molecule has 0 atom stereocenters. The maximum Gasteiger partial charge on any atom is 0.410 e. The van der Waals surface area contributed by atoms with Crippen molar-refractivity contribution in [2.24, 2.45) is 0 Å². The maximum atomic E-state index is 12.4. The van der Waals surface area contributed by atoms with Crippen LogP contribution in [0.4, 0.5) is 13.2 Å². The molecule has 2 aromatic rings. The zero-order valence-corrected chi connectivity index (χ0v) is 11.7. The van der Waals surface area contributed by atoms with Gasteiger partial charge >= 0.3 is 6.18 Å². The van der Waals surface area contributed by atoms with Gasteiger partial charge in [0.1, 0.15) is 5.69 Å². The molecule has 0 aromatic carbocycles. The molecule has 0 saturated carbocycles. The van der Waals surface area contributed by atoms with Crippen molar-refractivity contribution in [2.75, 3.05) is 0 Å². The van der Waals surface area contributed by atoms with Crippen molar-refractivity contribution in [3.05, 3.63) is 41.8 Å². The van der Waals surface area contributed by atoms with Gasteiger partial charge in [0.2, 0.25) is 0 Å². The summed E-state index contributed by atoms with van der Waals surface area (Å²) in [4.78, 5) is 15.8. The van der Waals surface area contributed by atoms with E-state index in [9.17, 15) is 13.2 Å². The number of hydrogen-bond acceptors (Lipinski definition) is 4. The largest absolute Gasteiger partial charge is 0.410 e. The summed E-state index contributed by atoms with van der Waals surface area (Å²) in [6.45, 7) is 1.61. The van der Waals surface area contributed by atoms with Crippen LogP contribution in [0.3, 0.4) is 0 Å². The van der Waals surface area contributed by atoms with Crippen LogP contribution in [0.2, 0.25) is 5.15 Å². The molecule has 2 heterocycles. The van der Waals surface area contributed by atoms with Gasteiger partial charge in [-0.3, -0.25) is 4.98 Å². The van der Waals surface area contributed by atoms with Gasteiger partial charge in [-0.2, -0.15) is 13.2 Å². The molecule has 0 aliphatic heterocycles. The Kier molecular flexibility index (Phi) is 4.52. The number of allylic oxidation sites excluding steroid dienone is 2. The maximum absolute atomic E-state index is 12.4. The van der Waals surface area contributed by atoms with Crippen LogP contribution in [0.15, 0.2) is 30.9 Å². The zero-order chi connectivity index (χ0) is 15.5. The molecule has 110 valence electrons. The fourth-order valence-corrected chi connectivity index (χ4v) is 1.87. The molecule has 0 spiro atoms. The van der Waals surface area contributed by atoms with Crippen LogP contribution in [0, 0.1) is 0 Å². The number of aromatic nitrogens is 4. The molecular weight excluding hydrogens is 305 g/mol. The van der Waals surface area contributed by atoms with Crippen LogP contribution in [0.5, 0.6) is 0 Å². The summed E-state index contributed by atoms with van der Waals surface area (Å²) in [6, 6.07) is 0. The summed E-state index contributed by atoms with van der Waals surface area (Å²) < 4.78 is 37.2. The fraction of sp³-hybridized carbons (Fsp3) is 0.231. The first-order valence-electron chi connectivity index (χ1n) is 5.98. The average molecular weight is 315 g/mol. The molecule has 0 fully saturated rings. The summed E-state index contributed by atoms with van der Waals surface area (Å²) in [7, 11) is 0. The van der Waals surface area contributed by atoms with Crippen molar-refractivity contribution >= 4 is 17.2 Å². The predicted octanol–water partition coefficient (Wildman–Crippen LogP) is 3.94. The number of hydrogen-bond donors (Lipinski definition) is 0. The Bertz CT molecular complexity index is 653. The summed E-state index contributed by atoms with van der Waals surface area (Å²) in [6.07, 6.45) is 1.61. The minimum Gasteiger partial charge on any atom is -0.251 e. The number of rotatable bonds is 3. The Labute approximate surface area is 123 Å². The fourth-order valence-electron chi connectivity index (χ4n) is 1.65. The van der Waals surface area contributed by atoms with Crippen LogP contribution < -0.4 is 0 Å². The Morgan fingerprint density at radius 3 is 2.29 bits per heavy atom. The quantitative estimate of drug-likeness (QED) is 0.861. The van der Waals surface area contributed by atoms with Crippen molar-refractivity contribution in [1.82, 2.24) is 19.9 Å². The van der Waals surface area contributed by atoms with Gasteiger partial charge in [-0.1, -0.05) is 18.5 Å². The molecule has 0 amide bonds. The van der Waals surface area contributed by atoms with E-state index in [1.54, 1.807) is 6.92 Å². The third-order valence-corrected chi connectivity index (χ3v) is 2.86. The van der Waals surface area contributed by atoms with Gasteiger partial charge in [-0.25, -0.2) is 15.0 Å². The Balaban J connectivity index is 2.35. The highest BCUT2D eigenvalue weighted by Crippen LogP contribution is 2.26. The lowest BCUT2D eigenvalue weighted by atomic mass is 10.1. The molecule has 0 aliphatic carbocycles. The lowest BCUT2D eigenvalue weighted by Crippen LogP contribution is -2.05. The SMILES string of the molecule is CC/C(=C\C(F)(F)F)c1ncc(-c2nccnc2Cl)cn1. The third-order valence-electron chi connectivity index (χ3n) is 2.58. The van der Waals surface area contributed by atoms with Gasteiger partial charge in [-0.05, 0) is 6.42 Å². The van der Waals surface area contributed by atoms with Crippen molar-refractivity contribution in [3.63, 3.8) is 0 Å². The Morgan fingerprint density at radius 2 is 1.76 bits per heavy atom. The lowest BCUT2D eigenvalue weighted by molar-refractivity contribution is -0.0794. The van der Waals surface area contributed by atoms with E-state index in [1.807, 2.05) is 0 Å². The molecule has 0 N–H and O–H groups in total. The Morgan fingerprint density at radius 1 is 1.14 bits per heavy atom. The van der Waals surface area contributed by atoms with E-state index in [-0.39, 0.29) is 29.0 Å². The molecule has 0 unspecified atom stereocenters. The third kappa shape index (κ3) is 3.98. The normalized spacial score (nSPS) is 12.5. The van der Waals surface area contributed by atoms with Crippen LogP contribution in [-0.2, 0) is 0 Å². The van der Waals surface area contributed by atoms with Crippen molar-refractivity contribution in [3.8, 4) is 11.3 Å². The highest BCUT2D eigenvalue weighted by atomic mass is 35.5. The molecular formula is C13H10ClF3N4. The number of alkyl halides is 3. The first-order chi connectivity index (χ1) is 9.90. The van der Waals surface area contributed by atoms with E-state index in [4.69, 9.17) is 11.6 Å². The summed E-state index contributed by atoms with van der Waals surface area (Å²) in [5, 5.41) is 0.176. The molecule has 0 radical (unpaired) electrons. The van der Waals surface area contributed by atoms with E-state index in [0.717, 1.165) is 0 Å². The van der Waals surface area contributed by atoms with Gasteiger partial charge in [-0.15, -0.1) is 0 Å². The standard InChI is InChI=1S/C13H10ClF3N4/c1-2-8(5-13(15,16)17)12-20-6-9(7-21-12)10-11(14)19-4-3-18-10/h3-7H,2H2,1H3/b8-5+. The minimum absolute atomic E-state index is 0.0132. The Hall–Kier alpha value is -2.02. The monoisotopic (exact) mass is 314 g/mol. The summed E-state index contributed by atoms with van der Waals surface area (Å²) in [5.41, 5.74) is 0.877. The van der Waals surface area contributed by atoms with E-state index >= 15 is 0 Å². The molecule has 8 heteroatoms. The van der Waals surface area contributed by atoms with Gasteiger partial charge < -0.3 is 0 Å². The van der Waals surface area contributed by atoms with Crippen LogP contribution in [0.1, 0.15) is 19.2 Å². The number of halogens is 4. The highest BCUT2D eigenvalue weighted by molar-refractivity contribution is 6.31. The van der Waals surface area contributed by atoms with Crippen molar-refractivity contribution in [1.29, 1.82) is 0 Å². The van der Waals surface area contributed by atoms with Gasteiger partial charge in [0.05, 0.1) is 0 Å². The molecule has 2 rings (SSSR count). The van der Waals surface area contributed by atoms with Crippen molar-refractivity contribution < 1.29 is 13.2 Å². The second-order valence-electron chi connectivity index (χ2n) is 4.06.